The maximum Gasteiger partial charge on any atom is 0.232 e. The highest BCUT2D eigenvalue weighted by Crippen LogP contribution is 2.43. The minimum Gasteiger partial charge on any atom is -0.494 e. The Morgan fingerprint density at radius 3 is 2.46 bits per heavy atom. The van der Waals surface area contributed by atoms with Crippen molar-refractivity contribution in [2.24, 2.45) is 5.92 Å². The Labute approximate surface area is 321 Å². The van der Waals surface area contributed by atoms with Crippen LogP contribution >= 0.6 is 0 Å². The van der Waals surface area contributed by atoms with Crippen LogP contribution in [-0.2, 0) is 14.3 Å². The summed E-state index contributed by atoms with van der Waals surface area (Å²) in [6.07, 6.45) is 2.30. The van der Waals surface area contributed by atoms with E-state index in [1.54, 1.807) is 7.11 Å². The molecule has 2 fully saturated rings. The first-order valence-corrected chi connectivity index (χ1v) is 19.5. The van der Waals surface area contributed by atoms with Crippen LogP contribution in [-0.4, -0.2) is 117 Å². The summed E-state index contributed by atoms with van der Waals surface area (Å²) in [6, 6.07) is 22.7. The number of hydrogen-bond donors (Lipinski definition) is 2. The molecule has 3 aromatic carbocycles. The van der Waals surface area contributed by atoms with Crippen molar-refractivity contribution in [2.45, 2.75) is 83.1 Å². The van der Waals surface area contributed by atoms with Gasteiger partial charge >= 0.3 is 0 Å². The highest BCUT2D eigenvalue weighted by molar-refractivity contribution is 5.97. The van der Waals surface area contributed by atoms with Gasteiger partial charge in [0.2, 0.25) is 12.3 Å². The van der Waals surface area contributed by atoms with E-state index in [0.29, 0.717) is 45.0 Å². The van der Waals surface area contributed by atoms with Gasteiger partial charge in [0.1, 0.15) is 18.1 Å². The molecule has 1 amide bonds. The normalized spacial score (nSPS) is 21.1. The molecule has 0 bridgehead atoms. The Morgan fingerprint density at radius 2 is 1.76 bits per heavy atom. The molecule has 294 valence electrons. The lowest BCUT2D eigenvalue weighted by molar-refractivity contribution is -0.245. The number of hydrogen-bond acceptors (Lipinski definition) is 10. The fourth-order valence-corrected chi connectivity index (χ4v) is 7.58. The molecule has 2 unspecified atom stereocenters. The van der Waals surface area contributed by atoms with Gasteiger partial charge in [0.25, 0.3) is 0 Å². The fourth-order valence-electron chi connectivity index (χ4n) is 7.58. The zero-order valence-electron chi connectivity index (χ0n) is 32.9. The summed E-state index contributed by atoms with van der Waals surface area (Å²) in [7, 11) is 5.80. The second kappa shape index (κ2) is 17.8. The number of rotatable bonds is 16. The van der Waals surface area contributed by atoms with E-state index < -0.39 is 24.2 Å². The fraction of sp³-hybridized carbons (Fsp3) is 0.558. The Bertz CT molecular complexity index is 1670. The van der Waals surface area contributed by atoms with E-state index in [-0.39, 0.29) is 24.5 Å². The maximum atomic E-state index is 15.1. The molecular weight excluding hydrogens is 684 g/mol. The SMILES string of the molecule is COCCCN1c2cc(N(C(=O)[C@H]3CN(C(O)OC(C)(C)C)CC[C@@H]3c3cccc(-c4ccc(OCCCN(C)C)cc4)c3)C3CC3)ccc2OCC1O. The lowest BCUT2D eigenvalue weighted by Gasteiger charge is -2.43. The van der Waals surface area contributed by atoms with E-state index in [0.717, 1.165) is 66.0 Å². The van der Waals surface area contributed by atoms with E-state index in [1.165, 1.54) is 0 Å². The number of anilines is 2. The van der Waals surface area contributed by atoms with Crippen molar-refractivity contribution in [1.29, 1.82) is 0 Å². The average Bonchev–Trinajstić information content (AvgIpc) is 3.99. The molecule has 11 heteroatoms. The smallest absolute Gasteiger partial charge is 0.232 e. The molecule has 54 heavy (non-hydrogen) atoms. The number of carbonyl (C=O) groups excluding carboxylic acids is 1. The summed E-state index contributed by atoms with van der Waals surface area (Å²) in [6.45, 7) is 9.71. The topological polar surface area (TPSA) is 107 Å². The lowest BCUT2D eigenvalue weighted by atomic mass is 9.78. The number of piperidine rings is 1. The highest BCUT2D eigenvalue weighted by atomic mass is 16.6. The van der Waals surface area contributed by atoms with Gasteiger partial charge in [-0.05, 0) is 120 Å². The standard InChI is InChI=1S/C43H60N4O7/c1-43(2,3)54-42(50)45-23-20-36(32-11-7-10-31(26-32)30-12-17-35(18-13-30)52-25-8-21-44(4)5)37(28-45)41(49)47(33-14-15-33)34-16-19-39-38(27-34)46(22-9-24-51-6)40(48)29-53-39/h7,10-13,16-19,26-27,33,36-37,40,42,48,50H,8-9,14-15,20-25,28-29H2,1-6H3/t36-,37+,40?,42?/m1/s1. The first-order chi connectivity index (χ1) is 25.9. The molecule has 1 saturated carbocycles. The number of ether oxygens (including phenoxy) is 4. The Balaban J connectivity index is 1.28. The molecule has 6 rings (SSSR count). The Kier molecular flexibility index (Phi) is 13.2. The number of carbonyl (C=O) groups is 1. The molecule has 11 nitrogen and oxygen atoms in total. The summed E-state index contributed by atoms with van der Waals surface area (Å²) in [5.41, 5.74) is 4.27. The van der Waals surface area contributed by atoms with Crippen LogP contribution in [0.25, 0.3) is 11.1 Å². The Hall–Kier alpha value is -3.71. The minimum absolute atomic E-state index is 0.0273. The molecule has 1 aliphatic carbocycles. The van der Waals surface area contributed by atoms with E-state index in [9.17, 15) is 10.2 Å². The largest absolute Gasteiger partial charge is 0.494 e. The molecule has 4 atom stereocenters. The Morgan fingerprint density at radius 1 is 0.981 bits per heavy atom. The van der Waals surface area contributed by atoms with Crippen molar-refractivity contribution in [3.05, 3.63) is 72.3 Å². The van der Waals surface area contributed by atoms with Gasteiger partial charge in [-0.1, -0.05) is 36.4 Å². The number of fused-ring (bicyclic) bond motifs is 1. The van der Waals surface area contributed by atoms with E-state index >= 15 is 4.79 Å². The average molecular weight is 745 g/mol. The molecule has 1 saturated heterocycles. The number of nitrogens with zero attached hydrogens (tertiary/aromatic N) is 4. The molecule has 0 aromatic heterocycles. The molecule has 2 N–H and O–H groups in total. The van der Waals surface area contributed by atoms with Crippen molar-refractivity contribution in [3.63, 3.8) is 0 Å². The van der Waals surface area contributed by atoms with Crippen LogP contribution in [0.4, 0.5) is 11.4 Å². The van der Waals surface area contributed by atoms with Crippen LogP contribution in [0.15, 0.2) is 66.7 Å². The van der Waals surface area contributed by atoms with Crippen LogP contribution in [0, 0.1) is 5.92 Å². The first kappa shape index (κ1) is 40.0. The first-order valence-electron chi connectivity index (χ1n) is 19.5. The molecule has 2 heterocycles. The zero-order chi connectivity index (χ0) is 38.4. The van der Waals surface area contributed by atoms with Gasteiger partial charge in [-0.2, -0.15) is 0 Å². The van der Waals surface area contributed by atoms with Gasteiger partial charge in [0, 0.05) is 51.6 Å². The molecule has 2 aliphatic heterocycles. The molecule has 0 radical (unpaired) electrons. The van der Waals surface area contributed by atoms with E-state index in [1.807, 2.05) is 65.8 Å². The van der Waals surface area contributed by atoms with Crippen molar-refractivity contribution < 1.29 is 34.0 Å². The van der Waals surface area contributed by atoms with Gasteiger partial charge < -0.3 is 43.9 Å². The number of methoxy groups -OCH3 is 1. The molecule has 3 aromatic rings. The number of likely N-dealkylation sites (tertiary alicyclic amines) is 1. The lowest BCUT2D eigenvalue weighted by Crippen LogP contribution is -2.53. The van der Waals surface area contributed by atoms with Crippen LogP contribution in [0.3, 0.4) is 0 Å². The second-order valence-electron chi connectivity index (χ2n) is 16.1. The van der Waals surface area contributed by atoms with Crippen LogP contribution in [0.1, 0.15) is 64.4 Å². The summed E-state index contributed by atoms with van der Waals surface area (Å²) >= 11 is 0. The summed E-state index contributed by atoms with van der Waals surface area (Å²) in [5.74, 6) is 1.05. The van der Waals surface area contributed by atoms with E-state index in [2.05, 4.69) is 55.4 Å². The second-order valence-corrected chi connectivity index (χ2v) is 16.1. The van der Waals surface area contributed by atoms with Crippen molar-refractivity contribution in [2.75, 3.05) is 77.0 Å². The molecule has 0 spiro atoms. The number of benzene rings is 3. The van der Waals surface area contributed by atoms with Gasteiger partial charge in [-0.15, -0.1) is 0 Å². The monoisotopic (exact) mass is 744 g/mol. The van der Waals surface area contributed by atoms with Crippen LogP contribution < -0.4 is 19.3 Å². The van der Waals surface area contributed by atoms with Gasteiger partial charge in [0.05, 0.1) is 23.8 Å². The zero-order valence-corrected chi connectivity index (χ0v) is 32.9. The summed E-state index contributed by atoms with van der Waals surface area (Å²) < 4.78 is 23.2. The van der Waals surface area contributed by atoms with Gasteiger partial charge in [0.15, 0.2) is 6.23 Å². The quantitative estimate of drug-likeness (QED) is 0.136. The third-order valence-electron chi connectivity index (χ3n) is 10.4. The van der Waals surface area contributed by atoms with Gasteiger partial charge in [-0.3, -0.25) is 9.69 Å². The predicted molar refractivity (Wildman–Crippen MR) is 212 cm³/mol. The third-order valence-corrected chi connectivity index (χ3v) is 10.4. The molecule has 3 aliphatic rings. The van der Waals surface area contributed by atoms with Crippen molar-refractivity contribution in [1.82, 2.24) is 9.80 Å². The van der Waals surface area contributed by atoms with Crippen LogP contribution in [0.5, 0.6) is 11.5 Å². The van der Waals surface area contributed by atoms with Crippen LogP contribution in [0.2, 0.25) is 0 Å². The third kappa shape index (κ3) is 10.1. The predicted octanol–water partition coefficient (Wildman–Crippen LogP) is 5.93. The molecular formula is C43H60N4O7. The van der Waals surface area contributed by atoms with E-state index in [4.69, 9.17) is 18.9 Å². The number of amides is 1. The number of aliphatic hydroxyl groups is 2. The summed E-state index contributed by atoms with van der Waals surface area (Å²) in [5, 5.41) is 22.2. The number of aliphatic hydroxyl groups excluding tert-OH is 2. The summed E-state index contributed by atoms with van der Waals surface area (Å²) in [4.78, 5) is 23.1. The highest BCUT2D eigenvalue weighted by Gasteiger charge is 2.44. The van der Waals surface area contributed by atoms with Crippen molar-refractivity contribution in [3.8, 4) is 22.6 Å². The van der Waals surface area contributed by atoms with Crippen molar-refractivity contribution >= 4 is 17.3 Å². The van der Waals surface area contributed by atoms with Gasteiger partial charge in [-0.25, -0.2) is 0 Å². The maximum absolute atomic E-state index is 15.1. The minimum atomic E-state index is -1.13.